The summed E-state index contributed by atoms with van der Waals surface area (Å²) in [7, 11) is 1.60. The second-order valence-electron chi connectivity index (χ2n) is 8.58. The smallest absolute Gasteiger partial charge is 0.0853 e. The first kappa shape index (κ1) is 27.5. The number of aryl methyl sites for hydroxylation is 1. The van der Waals surface area contributed by atoms with E-state index in [1.165, 1.54) is 22.3 Å². The van der Waals surface area contributed by atoms with E-state index in [4.69, 9.17) is 5.26 Å². The number of nitriles is 1. The molecule has 1 aliphatic heterocycles. The van der Waals surface area contributed by atoms with Gasteiger partial charge in [-0.1, -0.05) is 82.8 Å². The highest BCUT2D eigenvalue weighted by Gasteiger charge is 2.29. The average molecular weight is 435 g/mol. The third kappa shape index (κ3) is 9.28. The molecule has 2 aromatic rings. The Hall–Kier alpha value is -2.57. The highest BCUT2D eigenvalue weighted by atomic mass is 16.5. The lowest BCUT2D eigenvalue weighted by Crippen LogP contribution is -2.38. The summed E-state index contributed by atoms with van der Waals surface area (Å²) in [4.78, 5) is 2.52. The molecule has 2 aromatic carbocycles. The van der Waals surface area contributed by atoms with E-state index < -0.39 is 0 Å². The van der Waals surface area contributed by atoms with Gasteiger partial charge in [0, 0.05) is 13.0 Å². The Morgan fingerprint density at radius 2 is 1.66 bits per heavy atom. The Morgan fingerprint density at radius 1 is 1.06 bits per heavy atom. The molecule has 0 spiro atoms. The van der Waals surface area contributed by atoms with Crippen LogP contribution in [-0.4, -0.2) is 25.1 Å². The number of hydrogen-bond donors (Lipinski definition) is 0. The summed E-state index contributed by atoms with van der Waals surface area (Å²) < 4.78 is 4.56. The van der Waals surface area contributed by atoms with Gasteiger partial charge in [-0.05, 0) is 66.9 Å². The zero-order valence-corrected chi connectivity index (χ0v) is 21.1. The van der Waals surface area contributed by atoms with E-state index in [1.807, 2.05) is 13.8 Å². The largest absolute Gasteiger partial charge is 0.502 e. The molecule has 3 heteroatoms. The van der Waals surface area contributed by atoms with Crippen LogP contribution in [-0.2, 0) is 17.7 Å². The van der Waals surface area contributed by atoms with E-state index in [0.29, 0.717) is 6.42 Å². The predicted molar refractivity (Wildman–Crippen MR) is 137 cm³/mol. The fourth-order valence-corrected chi connectivity index (χ4v) is 3.65. The molecule has 32 heavy (non-hydrogen) atoms. The number of benzene rings is 2. The van der Waals surface area contributed by atoms with Crippen LogP contribution in [0.4, 0.5) is 0 Å². The Bertz CT molecular complexity index is 840. The fraction of sp³-hybridized carbons (Fsp3) is 0.483. The molecule has 0 unspecified atom stereocenters. The first-order valence-corrected chi connectivity index (χ1v) is 11.9. The molecular formula is C29H42N2O. The molecular weight excluding hydrogens is 392 g/mol. The number of rotatable bonds is 6. The first-order valence-electron chi connectivity index (χ1n) is 11.9. The summed E-state index contributed by atoms with van der Waals surface area (Å²) in [6.45, 7) is 16.9. The molecule has 1 aliphatic rings. The topological polar surface area (TPSA) is 36.3 Å². The standard InChI is InChI=1S/C23H28N2.C4H8O.C2H6/c1-3-19-5-4-6-22(17-19)21-9-7-20(8-10-21)18-25-15-12-23(2,11-14-24)13-16-25;1-4(2)5-3;1-2/h4-10,17H,3,11-13,15-16,18H2,1-2H3;1H2,2-3H3;1-2H3. The summed E-state index contributed by atoms with van der Waals surface area (Å²) in [5.74, 6) is 0.755. The first-order chi connectivity index (χ1) is 15.4. The molecule has 0 N–H and O–H groups in total. The van der Waals surface area contributed by atoms with Gasteiger partial charge in [-0.25, -0.2) is 0 Å². The number of ether oxygens (including phenoxy) is 1. The minimum absolute atomic E-state index is 0.222. The Kier molecular flexibility index (Phi) is 12.4. The molecule has 0 radical (unpaired) electrons. The SMILES string of the molecule is C=C(C)OC.CC.CCc1cccc(-c2ccc(CN3CCC(C)(CC#N)CC3)cc2)c1. The molecule has 0 aliphatic carbocycles. The second-order valence-corrected chi connectivity index (χ2v) is 8.58. The summed E-state index contributed by atoms with van der Waals surface area (Å²) in [5.41, 5.74) is 5.57. The second kappa shape index (κ2) is 14.5. The van der Waals surface area contributed by atoms with Crippen molar-refractivity contribution in [2.24, 2.45) is 5.41 Å². The van der Waals surface area contributed by atoms with Gasteiger partial charge in [0.25, 0.3) is 0 Å². The van der Waals surface area contributed by atoms with Gasteiger partial charge in [0.05, 0.1) is 18.9 Å². The van der Waals surface area contributed by atoms with Crippen LogP contribution in [0.15, 0.2) is 60.9 Å². The highest BCUT2D eigenvalue weighted by molar-refractivity contribution is 5.64. The zero-order valence-electron chi connectivity index (χ0n) is 21.1. The molecule has 0 amide bonds. The van der Waals surface area contributed by atoms with Crippen LogP contribution < -0.4 is 0 Å². The Morgan fingerprint density at radius 3 is 2.16 bits per heavy atom. The van der Waals surface area contributed by atoms with Gasteiger partial charge in [-0.15, -0.1) is 0 Å². The van der Waals surface area contributed by atoms with Crippen LogP contribution in [0.5, 0.6) is 0 Å². The van der Waals surface area contributed by atoms with Crippen molar-refractivity contribution < 1.29 is 4.74 Å². The number of methoxy groups -OCH3 is 1. The lowest BCUT2D eigenvalue weighted by atomic mass is 9.78. The minimum atomic E-state index is 0.222. The van der Waals surface area contributed by atoms with E-state index in [-0.39, 0.29) is 5.41 Å². The lowest BCUT2D eigenvalue weighted by molar-refractivity contribution is 0.116. The van der Waals surface area contributed by atoms with Crippen molar-refractivity contribution in [2.75, 3.05) is 20.2 Å². The molecule has 174 valence electrons. The van der Waals surface area contributed by atoms with E-state index >= 15 is 0 Å². The van der Waals surface area contributed by atoms with E-state index in [2.05, 4.69) is 84.7 Å². The molecule has 1 heterocycles. The minimum Gasteiger partial charge on any atom is -0.502 e. The fourth-order valence-electron chi connectivity index (χ4n) is 3.65. The van der Waals surface area contributed by atoms with Gasteiger partial charge in [0.2, 0.25) is 0 Å². The lowest BCUT2D eigenvalue weighted by Gasteiger charge is -2.38. The van der Waals surface area contributed by atoms with Crippen LogP contribution in [0.2, 0.25) is 0 Å². The third-order valence-electron chi connectivity index (χ3n) is 5.95. The maximum absolute atomic E-state index is 8.97. The monoisotopic (exact) mass is 434 g/mol. The average Bonchev–Trinajstić information content (AvgIpc) is 2.83. The predicted octanol–water partition coefficient (Wildman–Crippen LogP) is 7.62. The normalized spacial score (nSPS) is 14.7. The molecule has 0 bridgehead atoms. The molecule has 0 saturated carbocycles. The summed E-state index contributed by atoms with van der Waals surface area (Å²) >= 11 is 0. The van der Waals surface area contributed by atoms with Crippen molar-refractivity contribution in [2.45, 2.75) is 66.8 Å². The van der Waals surface area contributed by atoms with Gasteiger partial charge in [-0.2, -0.15) is 5.26 Å². The van der Waals surface area contributed by atoms with Crippen molar-refractivity contribution in [1.82, 2.24) is 4.90 Å². The van der Waals surface area contributed by atoms with Gasteiger partial charge in [0.1, 0.15) is 0 Å². The summed E-state index contributed by atoms with van der Waals surface area (Å²) in [6.07, 6.45) is 4.02. The van der Waals surface area contributed by atoms with Crippen molar-refractivity contribution in [3.63, 3.8) is 0 Å². The van der Waals surface area contributed by atoms with E-state index in [0.717, 1.165) is 44.7 Å². The van der Waals surface area contributed by atoms with Crippen LogP contribution >= 0.6 is 0 Å². The molecule has 0 aromatic heterocycles. The van der Waals surface area contributed by atoms with E-state index in [1.54, 1.807) is 14.0 Å². The number of nitrogens with zero attached hydrogens (tertiary/aromatic N) is 2. The molecule has 0 atom stereocenters. The van der Waals surface area contributed by atoms with Crippen LogP contribution in [0.3, 0.4) is 0 Å². The van der Waals surface area contributed by atoms with Gasteiger partial charge in [-0.3, -0.25) is 4.90 Å². The van der Waals surface area contributed by atoms with Gasteiger partial charge in [0.15, 0.2) is 0 Å². The van der Waals surface area contributed by atoms with E-state index in [9.17, 15) is 0 Å². The number of allylic oxidation sites excluding steroid dienone is 1. The third-order valence-corrected chi connectivity index (χ3v) is 5.95. The summed E-state index contributed by atoms with van der Waals surface area (Å²) in [5, 5.41) is 8.97. The van der Waals surface area contributed by atoms with Crippen molar-refractivity contribution in [1.29, 1.82) is 5.26 Å². The summed E-state index contributed by atoms with van der Waals surface area (Å²) in [6, 6.07) is 20.2. The van der Waals surface area contributed by atoms with Crippen molar-refractivity contribution in [3.05, 3.63) is 72.0 Å². The number of hydrogen-bond acceptors (Lipinski definition) is 3. The Balaban J connectivity index is 0.000000646. The van der Waals surface area contributed by atoms with Crippen molar-refractivity contribution >= 4 is 0 Å². The van der Waals surface area contributed by atoms with Crippen molar-refractivity contribution in [3.8, 4) is 17.2 Å². The molecule has 3 nitrogen and oxygen atoms in total. The maximum atomic E-state index is 8.97. The molecule has 1 fully saturated rings. The highest BCUT2D eigenvalue weighted by Crippen LogP contribution is 2.34. The number of likely N-dealkylation sites (tertiary alicyclic amines) is 1. The maximum Gasteiger partial charge on any atom is 0.0853 e. The van der Waals surface area contributed by atoms with Gasteiger partial charge >= 0.3 is 0 Å². The van der Waals surface area contributed by atoms with Gasteiger partial charge < -0.3 is 4.74 Å². The molecule has 3 rings (SSSR count). The van der Waals surface area contributed by atoms with Crippen LogP contribution in [0.25, 0.3) is 11.1 Å². The Labute approximate surface area is 196 Å². The zero-order chi connectivity index (χ0) is 24.0. The quantitative estimate of drug-likeness (QED) is 0.439. The van der Waals surface area contributed by atoms with Crippen LogP contribution in [0.1, 0.15) is 65.0 Å². The van der Waals surface area contributed by atoms with Crippen LogP contribution in [0, 0.1) is 16.7 Å². The molecule has 1 saturated heterocycles. The number of piperidine rings is 1.